The largest absolute Gasteiger partial charge is 0.492 e. The molecule has 2 heterocycles. The Balaban J connectivity index is 1.65. The molecule has 1 aromatic carbocycles. The minimum Gasteiger partial charge on any atom is -0.461 e. The zero-order chi connectivity index (χ0) is 21.3. The second kappa shape index (κ2) is 8.43. The number of benzene rings is 1. The molecule has 2 N–H and O–H groups in total. The van der Waals surface area contributed by atoms with Gasteiger partial charge in [0.2, 0.25) is 0 Å². The number of nitrogens with one attached hydrogen (secondary N) is 1. The van der Waals surface area contributed by atoms with E-state index in [1.165, 1.54) is 0 Å². The maximum atomic E-state index is 12.9. The van der Waals surface area contributed by atoms with E-state index in [1.807, 2.05) is 13.8 Å². The Labute approximate surface area is 171 Å². The van der Waals surface area contributed by atoms with Gasteiger partial charge in [0.1, 0.15) is 18.8 Å². The molecule has 1 saturated heterocycles. The molecule has 8 nitrogen and oxygen atoms in total. The summed E-state index contributed by atoms with van der Waals surface area (Å²) in [4.78, 5) is 25.5. The number of esters is 1. The number of fused-ring (bicyclic) bond motifs is 1. The maximum Gasteiger partial charge on any atom is 0.492 e. The van der Waals surface area contributed by atoms with Crippen molar-refractivity contribution >= 4 is 24.5 Å². The van der Waals surface area contributed by atoms with Crippen molar-refractivity contribution < 1.29 is 33.5 Å². The molecule has 29 heavy (non-hydrogen) atoms. The minimum absolute atomic E-state index is 0.0583. The van der Waals surface area contributed by atoms with Crippen LogP contribution in [0.1, 0.15) is 49.2 Å². The van der Waals surface area contributed by atoms with Crippen LogP contribution in [-0.4, -0.2) is 55.2 Å². The lowest BCUT2D eigenvalue weighted by molar-refractivity contribution is -0.160. The molecule has 1 amide bonds. The molecule has 2 aliphatic rings. The molecular weight excluding hydrogens is 377 g/mol. The SMILES string of the molecule is Cc1c(C(=O)NC(C(=O)OC[C@H]2COC(C)(C)O2)C(C)C)ccc2c1B(O)OC2. The van der Waals surface area contributed by atoms with Crippen molar-refractivity contribution in [3.63, 3.8) is 0 Å². The van der Waals surface area contributed by atoms with Gasteiger partial charge in [-0.15, -0.1) is 0 Å². The van der Waals surface area contributed by atoms with Gasteiger partial charge in [0.05, 0.1) is 13.2 Å². The quantitative estimate of drug-likeness (QED) is 0.530. The third kappa shape index (κ3) is 4.80. The lowest BCUT2D eigenvalue weighted by Gasteiger charge is -2.23. The number of amides is 1. The van der Waals surface area contributed by atoms with Crippen LogP contribution >= 0.6 is 0 Å². The van der Waals surface area contributed by atoms with Gasteiger partial charge in [0.25, 0.3) is 5.91 Å². The molecule has 0 aromatic heterocycles. The minimum atomic E-state index is -1.04. The van der Waals surface area contributed by atoms with Crippen LogP contribution < -0.4 is 10.8 Å². The highest BCUT2D eigenvalue weighted by atomic mass is 16.7. The first kappa shape index (κ1) is 21.8. The van der Waals surface area contributed by atoms with E-state index in [0.717, 1.165) is 5.56 Å². The van der Waals surface area contributed by atoms with Crippen LogP contribution in [0.25, 0.3) is 0 Å². The zero-order valence-corrected chi connectivity index (χ0v) is 17.5. The first-order valence-corrected chi connectivity index (χ1v) is 9.80. The van der Waals surface area contributed by atoms with Crippen LogP contribution in [-0.2, 0) is 30.3 Å². The van der Waals surface area contributed by atoms with Gasteiger partial charge in [-0.3, -0.25) is 4.79 Å². The predicted molar refractivity (Wildman–Crippen MR) is 106 cm³/mol. The monoisotopic (exact) mass is 405 g/mol. The average Bonchev–Trinajstić information content (AvgIpc) is 3.19. The first-order valence-electron chi connectivity index (χ1n) is 9.80. The summed E-state index contributed by atoms with van der Waals surface area (Å²) in [5.74, 6) is -1.79. The number of carbonyl (C=O) groups excluding carboxylic acids is 2. The van der Waals surface area contributed by atoms with Crippen LogP contribution in [0.5, 0.6) is 0 Å². The molecule has 0 bridgehead atoms. The van der Waals surface area contributed by atoms with Gasteiger partial charge >= 0.3 is 13.1 Å². The Bertz CT molecular complexity index is 795. The average molecular weight is 405 g/mol. The third-order valence-electron chi connectivity index (χ3n) is 5.18. The number of carbonyl (C=O) groups is 2. The van der Waals surface area contributed by atoms with Crippen molar-refractivity contribution in [1.29, 1.82) is 0 Å². The zero-order valence-electron chi connectivity index (χ0n) is 17.5. The number of hydrogen-bond acceptors (Lipinski definition) is 7. The van der Waals surface area contributed by atoms with Crippen molar-refractivity contribution in [3.8, 4) is 0 Å². The van der Waals surface area contributed by atoms with E-state index in [4.69, 9.17) is 18.9 Å². The number of hydrogen-bond donors (Lipinski definition) is 2. The Hall–Kier alpha value is -1.94. The second-order valence-corrected chi connectivity index (χ2v) is 8.25. The Kier molecular flexibility index (Phi) is 6.33. The first-order chi connectivity index (χ1) is 13.6. The predicted octanol–water partition coefficient (Wildman–Crippen LogP) is 0.662. The van der Waals surface area contributed by atoms with Gasteiger partial charge in [-0.1, -0.05) is 19.9 Å². The second-order valence-electron chi connectivity index (χ2n) is 8.25. The van der Waals surface area contributed by atoms with Gasteiger partial charge < -0.3 is 29.2 Å². The van der Waals surface area contributed by atoms with Crippen LogP contribution in [0.15, 0.2) is 12.1 Å². The fourth-order valence-electron chi connectivity index (χ4n) is 3.58. The molecule has 3 rings (SSSR count). The normalized spacial score (nSPS) is 21.2. The summed E-state index contributed by atoms with van der Waals surface area (Å²) in [6.07, 6.45) is -0.335. The van der Waals surface area contributed by atoms with Crippen molar-refractivity contribution in [2.45, 2.75) is 59.2 Å². The fraction of sp³-hybridized carbons (Fsp3) is 0.600. The Morgan fingerprint density at radius 1 is 1.38 bits per heavy atom. The summed E-state index contributed by atoms with van der Waals surface area (Å²) < 4.78 is 21.7. The maximum absolute atomic E-state index is 12.9. The molecule has 2 aliphatic heterocycles. The van der Waals surface area contributed by atoms with Crippen molar-refractivity contribution in [2.24, 2.45) is 5.92 Å². The number of rotatable bonds is 6. The van der Waals surface area contributed by atoms with Crippen LogP contribution in [0.4, 0.5) is 0 Å². The van der Waals surface area contributed by atoms with Gasteiger partial charge in [-0.25, -0.2) is 4.79 Å². The van der Waals surface area contributed by atoms with Crippen LogP contribution in [0.2, 0.25) is 0 Å². The summed E-state index contributed by atoms with van der Waals surface area (Å²) in [7, 11) is -1.04. The van der Waals surface area contributed by atoms with E-state index in [2.05, 4.69) is 5.32 Å². The third-order valence-corrected chi connectivity index (χ3v) is 5.18. The van der Waals surface area contributed by atoms with Gasteiger partial charge in [-0.05, 0) is 49.3 Å². The summed E-state index contributed by atoms with van der Waals surface area (Å²) in [6, 6.07) is 2.63. The molecule has 1 aromatic rings. The molecule has 0 saturated carbocycles. The van der Waals surface area contributed by atoms with Crippen LogP contribution in [0.3, 0.4) is 0 Å². The summed E-state index contributed by atoms with van der Waals surface area (Å²) in [6.45, 7) is 9.73. The summed E-state index contributed by atoms with van der Waals surface area (Å²) in [5.41, 5.74) is 2.50. The highest BCUT2D eigenvalue weighted by molar-refractivity contribution is 6.62. The van der Waals surface area contributed by atoms with Gasteiger partial charge in [-0.2, -0.15) is 0 Å². The van der Waals surface area contributed by atoms with Crippen molar-refractivity contribution in [2.75, 3.05) is 13.2 Å². The lowest BCUT2D eigenvalue weighted by atomic mass is 9.75. The van der Waals surface area contributed by atoms with E-state index >= 15 is 0 Å². The van der Waals surface area contributed by atoms with Crippen molar-refractivity contribution in [3.05, 3.63) is 28.8 Å². The van der Waals surface area contributed by atoms with E-state index < -0.39 is 30.8 Å². The smallest absolute Gasteiger partial charge is 0.461 e. The Morgan fingerprint density at radius 2 is 2.10 bits per heavy atom. The van der Waals surface area contributed by atoms with E-state index in [1.54, 1.807) is 32.9 Å². The Morgan fingerprint density at radius 3 is 2.72 bits per heavy atom. The van der Waals surface area contributed by atoms with Crippen molar-refractivity contribution in [1.82, 2.24) is 5.32 Å². The lowest BCUT2D eigenvalue weighted by Crippen LogP contribution is -2.46. The molecule has 1 fully saturated rings. The van der Waals surface area contributed by atoms with Crippen LogP contribution in [0, 0.1) is 12.8 Å². The fourth-order valence-corrected chi connectivity index (χ4v) is 3.58. The molecule has 158 valence electrons. The summed E-state index contributed by atoms with van der Waals surface area (Å²) >= 11 is 0. The van der Waals surface area contributed by atoms with E-state index in [9.17, 15) is 14.6 Å². The molecule has 0 radical (unpaired) electrons. The topological polar surface area (TPSA) is 103 Å². The standard InChI is InChI=1S/C20H28BNO7/c1-11(2)17(19(24)26-9-14-10-27-20(4,5)29-14)22-18(23)15-7-6-13-8-28-21(25)16(13)12(15)3/h6-7,11,14,17,25H,8-10H2,1-5H3,(H,22,23)/t14-,17?/m0/s1. The molecule has 9 heteroatoms. The molecule has 2 atom stereocenters. The van der Waals surface area contributed by atoms with E-state index in [-0.39, 0.29) is 18.6 Å². The summed E-state index contributed by atoms with van der Waals surface area (Å²) in [5, 5.41) is 12.8. The molecule has 0 spiro atoms. The highest BCUT2D eigenvalue weighted by Crippen LogP contribution is 2.22. The highest BCUT2D eigenvalue weighted by Gasteiger charge is 2.35. The van der Waals surface area contributed by atoms with E-state index in [0.29, 0.717) is 29.8 Å². The molecular formula is C20H28BNO7. The molecule has 0 aliphatic carbocycles. The number of ether oxygens (including phenoxy) is 3. The molecule has 1 unspecified atom stereocenters. The van der Waals surface area contributed by atoms with Gasteiger partial charge in [0, 0.05) is 5.56 Å². The van der Waals surface area contributed by atoms with Gasteiger partial charge in [0.15, 0.2) is 5.79 Å².